The minimum atomic E-state index is -0.315. The maximum atomic E-state index is 13.3. The van der Waals surface area contributed by atoms with Gasteiger partial charge in [0, 0.05) is 17.8 Å². The third kappa shape index (κ3) is 4.86. The molecule has 2 aromatic rings. The quantitative estimate of drug-likeness (QED) is 0.833. The third-order valence-corrected chi connectivity index (χ3v) is 4.60. The monoisotopic (exact) mass is 358 g/mol. The van der Waals surface area contributed by atoms with Crippen LogP contribution in [0.15, 0.2) is 42.6 Å². The summed E-state index contributed by atoms with van der Waals surface area (Å²) in [6.07, 6.45) is 5.16. The number of rotatable bonds is 6. The lowest BCUT2D eigenvalue weighted by molar-refractivity contribution is 0.00425. The van der Waals surface area contributed by atoms with Crippen LogP contribution >= 0.6 is 0 Å². The number of aliphatic hydroxyl groups excluding tert-OH is 1. The van der Waals surface area contributed by atoms with Crippen LogP contribution in [-0.4, -0.2) is 41.4 Å². The van der Waals surface area contributed by atoms with Crippen LogP contribution in [0, 0.1) is 5.82 Å². The van der Waals surface area contributed by atoms with Crippen LogP contribution in [0.25, 0.3) is 11.3 Å². The van der Waals surface area contributed by atoms with Gasteiger partial charge in [-0.2, -0.15) is 0 Å². The molecule has 1 aliphatic carbocycles. The van der Waals surface area contributed by atoms with Crippen LogP contribution in [0.4, 0.5) is 4.39 Å². The molecule has 2 N–H and O–H groups in total. The first kappa shape index (κ1) is 18.5. The van der Waals surface area contributed by atoms with E-state index in [4.69, 9.17) is 9.84 Å². The van der Waals surface area contributed by atoms with Crippen LogP contribution in [0.1, 0.15) is 36.0 Å². The first-order valence-corrected chi connectivity index (χ1v) is 8.91. The average Bonchev–Trinajstić information content (AvgIpc) is 2.67. The number of ether oxygens (including phenoxy) is 1. The standard InChI is InChI=1S/C20H23FN2O3/c21-16-3-1-2-14(12-16)19-9-4-15(13-22-19)20(25)23-17-5-7-18(8-6-17)26-11-10-24/h1-4,9,12-13,17-18,24H,5-8,10-11H2,(H,23,25). The molecule has 0 unspecified atom stereocenters. The molecule has 138 valence electrons. The molecule has 0 bridgehead atoms. The van der Waals surface area contributed by atoms with Gasteiger partial charge in [-0.15, -0.1) is 0 Å². The molecule has 0 saturated heterocycles. The summed E-state index contributed by atoms with van der Waals surface area (Å²) in [5.74, 6) is -0.465. The maximum Gasteiger partial charge on any atom is 0.253 e. The van der Waals surface area contributed by atoms with Crippen LogP contribution < -0.4 is 5.32 Å². The number of carbonyl (C=O) groups is 1. The summed E-state index contributed by atoms with van der Waals surface area (Å²) in [6, 6.07) is 9.77. The van der Waals surface area contributed by atoms with Crippen LogP contribution in [-0.2, 0) is 4.74 Å². The number of benzene rings is 1. The highest BCUT2D eigenvalue weighted by molar-refractivity contribution is 5.94. The second-order valence-corrected chi connectivity index (χ2v) is 6.48. The van der Waals surface area contributed by atoms with Crippen molar-refractivity contribution in [2.75, 3.05) is 13.2 Å². The fourth-order valence-corrected chi connectivity index (χ4v) is 3.21. The molecule has 0 radical (unpaired) electrons. The molecule has 6 heteroatoms. The van der Waals surface area contributed by atoms with Gasteiger partial charge in [-0.3, -0.25) is 9.78 Å². The number of amides is 1. The molecule has 1 fully saturated rings. The normalized spacial score (nSPS) is 19.9. The molecule has 0 aliphatic heterocycles. The van der Waals surface area contributed by atoms with E-state index < -0.39 is 0 Å². The van der Waals surface area contributed by atoms with E-state index in [1.165, 1.54) is 18.3 Å². The molecule has 1 saturated carbocycles. The van der Waals surface area contributed by atoms with E-state index >= 15 is 0 Å². The molecule has 0 spiro atoms. The largest absolute Gasteiger partial charge is 0.394 e. The van der Waals surface area contributed by atoms with E-state index in [0.29, 0.717) is 23.4 Å². The summed E-state index contributed by atoms with van der Waals surface area (Å²) in [6.45, 7) is 0.403. The Labute approximate surface area is 152 Å². The van der Waals surface area contributed by atoms with Crippen molar-refractivity contribution in [3.63, 3.8) is 0 Å². The minimum absolute atomic E-state index is 0.0370. The van der Waals surface area contributed by atoms with Crippen molar-refractivity contribution in [1.29, 1.82) is 0 Å². The molecule has 0 atom stereocenters. The van der Waals surface area contributed by atoms with Gasteiger partial charge in [-0.05, 0) is 49.9 Å². The smallest absolute Gasteiger partial charge is 0.253 e. The van der Waals surface area contributed by atoms with Crippen molar-refractivity contribution in [2.24, 2.45) is 0 Å². The lowest BCUT2D eigenvalue weighted by atomic mass is 9.92. The maximum absolute atomic E-state index is 13.3. The number of aliphatic hydroxyl groups is 1. The Hall–Kier alpha value is -2.31. The summed E-state index contributed by atoms with van der Waals surface area (Å²) >= 11 is 0. The number of hydrogen-bond donors (Lipinski definition) is 2. The fourth-order valence-electron chi connectivity index (χ4n) is 3.21. The van der Waals surface area contributed by atoms with Gasteiger partial charge in [0.2, 0.25) is 0 Å². The molecule has 1 aromatic carbocycles. The van der Waals surface area contributed by atoms with Crippen LogP contribution in [0.5, 0.6) is 0 Å². The van der Waals surface area contributed by atoms with Crippen molar-refractivity contribution < 1.29 is 19.0 Å². The van der Waals surface area contributed by atoms with Gasteiger partial charge in [-0.25, -0.2) is 4.39 Å². The first-order chi connectivity index (χ1) is 12.7. The van der Waals surface area contributed by atoms with E-state index in [1.807, 2.05) is 0 Å². The number of pyridine rings is 1. The second kappa shape index (κ2) is 8.87. The van der Waals surface area contributed by atoms with Crippen molar-refractivity contribution in [1.82, 2.24) is 10.3 Å². The summed E-state index contributed by atoms with van der Waals surface area (Å²) in [5, 5.41) is 11.8. The number of aromatic nitrogens is 1. The van der Waals surface area contributed by atoms with Gasteiger partial charge in [0.15, 0.2) is 0 Å². The van der Waals surface area contributed by atoms with E-state index in [9.17, 15) is 9.18 Å². The fraction of sp³-hybridized carbons (Fsp3) is 0.400. The second-order valence-electron chi connectivity index (χ2n) is 6.48. The topological polar surface area (TPSA) is 71.5 Å². The predicted octanol–water partition coefficient (Wildman–Crippen LogP) is 2.94. The number of carbonyl (C=O) groups excluding carboxylic acids is 1. The van der Waals surface area contributed by atoms with Crippen LogP contribution in [0.3, 0.4) is 0 Å². The summed E-state index contributed by atoms with van der Waals surface area (Å²) in [5.41, 5.74) is 1.80. The van der Waals surface area contributed by atoms with Gasteiger partial charge in [-0.1, -0.05) is 12.1 Å². The SMILES string of the molecule is O=C(NC1CCC(OCCO)CC1)c1ccc(-c2cccc(F)c2)nc1. The van der Waals surface area contributed by atoms with E-state index in [-0.39, 0.29) is 30.5 Å². The van der Waals surface area contributed by atoms with Gasteiger partial charge in [0.25, 0.3) is 5.91 Å². The Morgan fingerprint density at radius 2 is 2.04 bits per heavy atom. The Bertz CT molecular complexity index is 728. The molecule has 3 rings (SSSR count). The number of hydrogen-bond acceptors (Lipinski definition) is 4. The van der Waals surface area contributed by atoms with Gasteiger partial charge >= 0.3 is 0 Å². The minimum Gasteiger partial charge on any atom is -0.394 e. The molecule has 1 amide bonds. The zero-order chi connectivity index (χ0) is 18.4. The van der Waals surface area contributed by atoms with Crippen molar-refractivity contribution in [2.45, 2.75) is 37.8 Å². The Balaban J connectivity index is 1.54. The highest BCUT2D eigenvalue weighted by Crippen LogP contribution is 2.22. The van der Waals surface area contributed by atoms with E-state index in [1.54, 1.807) is 24.3 Å². The lowest BCUT2D eigenvalue weighted by Crippen LogP contribution is -2.39. The molecule has 5 nitrogen and oxygen atoms in total. The number of nitrogens with one attached hydrogen (secondary N) is 1. The van der Waals surface area contributed by atoms with Gasteiger partial charge in [0.05, 0.1) is 30.6 Å². The molecule has 1 heterocycles. The Morgan fingerprint density at radius 1 is 1.23 bits per heavy atom. The summed E-state index contributed by atoms with van der Waals surface area (Å²) in [4.78, 5) is 16.7. The number of halogens is 1. The van der Waals surface area contributed by atoms with Crippen molar-refractivity contribution in [3.05, 3.63) is 54.0 Å². The Kier molecular flexibility index (Phi) is 6.30. The number of nitrogens with zero attached hydrogens (tertiary/aromatic N) is 1. The molecule has 1 aromatic heterocycles. The highest BCUT2D eigenvalue weighted by Gasteiger charge is 2.23. The van der Waals surface area contributed by atoms with Crippen molar-refractivity contribution in [3.8, 4) is 11.3 Å². The zero-order valence-corrected chi connectivity index (χ0v) is 14.5. The van der Waals surface area contributed by atoms with Crippen LogP contribution in [0.2, 0.25) is 0 Å². The molecular weight excluding hydrogens is 335 g/mol. The van der Waals surface area contributed by atoms with Crippen molar-refractivity contribution >= 4 is 5.91 Å². The van der Waals surface area contributed by atoms with E-state index in [0.717, 1.165) is 25.7 Å². The Morgan fingerprint density at radius 3 is 2.69 bits per heavy atom. The molecule has 26 heavy (non-hydrogen) atoms. The van der Waals surface area contributed by atoms with Gasteiger partial charge in [0.1, 0.15) is 5.82 Å². The molecule has 1 aliphatic rings. The first-order valence-electron chi connectivity index (χ1n) is 8.91. The highest BCUT2D eigenvalue weighted by atomic mass is 19.1. The summed E-state index contributed by atoms with van der Waals surface area (Å²) < 4.78 is 18.8. The van der Waals surface area contributed by atoms with E-state index in [2.05, 4.69) is 10.3 Å². The molecular formula is C20H23FN2O3. The lowest BCUT2D eigenvalue weighted by Gasteiger charge is -2.29. The summed E-state index contributed by atoms with van der Waals surface area (Å²) in [7, 11) is 0. The van der Waals surface area contributed by atoms with Gasteiger partial charge < -0.3 is 15.2 Å². The zero-order valence-electron chi connectivity index (χ0n) is 14.5. The third-order valence-electron chi connectivity index (χ3n) is 4.60. The predicted molar refractivity (Wildman–Crippen MR) is 96.2 cm³/mol. The average molecular weight is 358 g/mol.